The Morgan fingerprint density at radius 2 is 1.67 bits per heavy atom. The second-order valence-corrected chi connectivity index (χ2v) is 4.42. The van der Waals surface area contributed by atoms with E-state index in [1.807, 2.05) is 6.07 Å². The first kappa shape index (κ1) is 13.4. The van der Waals surface area contributed by atoms with E-state index in [1.54, 1.807) is 54.6 Å². The van der Waals surface area contributed by atoms with Crippen LogP contribution in [0.25, 0.3) is 0 Å². The number of carbonyl (C=O) groups excluding carboxylic acids is 2. The largest absolute Gasteiger partial charge is 0.467 e. The van der Waals surface area contributed by atoms with Gasteiger partial charge in [-0.2, -0.15) is 0 Å². The summed E-state index contributed by atoms with van der Waals surface area (Å²) < 4.78 is 13.0. The van der Waals surface area contributed by atoms with Crippen LogP contribution in [0.2, 0.25) is 0 Å². The number of benzene rings is 2. The highest BCUT2D eigenvalue weighted by Crippen LogP contribution is 2.06. The van der Waals surface area contributed by atoms with Crippen molar-refractivity contribution < 1.29 is 15.7 Å². The van der Waals surface area contributed by atoms with Crippen LogP contribution in [-0.4, -0.2) is 25.0 Å². The summed E-state index contributed by atoms with van der Waals surface area (Å²) in [6, 6.07) is 16.3. The van der Waals surface area contributed by atoms with Gasteiger partial charge in [-0.1, -0.05) is 48.5 Å². The van der Waals surface area contributed by atoms with E-state index in [0.717, 1.165) is 0 Å². The van der Waals surface area contributed by atoms with Gasteiger partial charge in [-0.05, 0) is 17.7 Å². The number of methoxy groups -OCH3 is 1. The Morgan fingerprint density at radius 3 is 2.24 bits per heavy atom. The molecular formula is C17H17NO3. The number of ether oxygens (including phenoxy) is 1. The van der Waals surface area contributed by atoms with Gasteiger partial charge in [0.1, 0.15) is 6.04 Å². The molecule has 1 N–H and O–H groups in total. The van der Waals surface area contributed by atoms with Gasteiger partial charge >= 0.3 is 5.97 Å². The topological polar surface area (TPSA) is 55.4 Å². The van der Waals surface area contributed by atoms with Crippen molar-refractivity contribution in [1.82, 2.24) is 5.32 Å². The van der Waals surface area contributed by atoms with Crippen LogP contribution in [0, 0.1) is 0 Å². The minimum atomic E-state index is -1.07. The average molecular weight is 284 g/mol. The summed E-state index contributed by atoms with van der Waals surface area (Å²) in [4.78, 5) is 24.1. The van der Waals surface area contributed by atoms with Crippen molar-refractivity contribution in [2.24, 2.45) is 0 Å². The molecule has 0 radical (unpaired) electrons. The lowest BCUT2D eigenvalue weighted by molar-refractivity contribution is -0.142. The number of esters is 1. The van der Waals surface area contributed by atoms with Crippen molar-refractivity contribution in [3.63, 3.8) is 0 Å². The summed E-state index contributed by atoms with van der Waals surface area (Å²) in [5, 5.41) is 2.58. The van der Waals surface area contributed by atoms with Crippen LogP contribution in [0.5, 0.6) is 0 Å². The highest BCUT2D eigenvalue weighted by molar-refractivity contribution is 5.96. The molecule has 108 valence electrons. The normalized spacial score (nSPS) is 13.7. The highest BCUT2D eigenvalue weighted by atomic mass is 16.5. The zero-order chi connectivity index (χ0) is 15.9. The van der Waals surface area contributed by atoms with Crippen LogP contribution in [0.1, 0.15) is 17.3 Å². The molecule has 2 atom stereocenters. The number of carbonyl (C=O) groups is 2. The maximum atomic E-state index is 12.2. The summed E-state index contributed by atoms with van der Waals surface area (Å²) in [5.41, 5.74) is 1.06. The van der Waals surface area contributed by atoms with Gasteiger partial charge in [0.2, 0.25) is 0 Å². The Bertz CT molecular complexity index is 631. The van der Waals surface area contributed by atoms with Crippen molar-refractivity contribution >= 4 is 11.9 Å². The van der Waals surface area contributed by atoms with Gasteiger partial charge < -0.3 is 10.1 Å². The molecular weight excluding hydrogens is 266 g/mol. The third kappa shape index (κ3) is 4.18. The second-order valence-electron chi connectivity index (χ2n) is 4.42. The molecule has 2 rings (SSSR count). The monoisotopic (exact) mass is 284 g/mol. The third-order valence-corrected chi connectivity index (χ3v) is 2.94. The number of hydrogen-bond donors (Lipinski definition) is 1. The molecule has 0 saturated carbocycles. The van der Waals surface area contributed by atoms with Gasteiger partial charge in [0.25, 0.3) is 5.91 Å². The summed E-state index contributed by atoms with van der Waals surface area (Å²) >= 11 is 0. The molecule has 0 aliphatic carbocycles. The van der Waals surface area contributed by atoms with Crippen LogP contribution < -0.4 is 5.32 Å². The number of amides is 1. The summed E-state index contributed by atoms with van der Waals surface area (Å²) in [6.07, 6.45) is -0.943. The Morgan fingerprint density at radius 1 is 1.10 bits per heavy atom. The molecule has 2 aromatic rings. The number of rotatable bonds is 5. The first-order chi connectivity index (χ1) is 10.6. The first-order valence-corrected chi connectivity index (χ1v) is 6.54. The van der Waals surface area contributed by atoms with Crippen LogP contribution in [0.3, 0.4) is 0 Å². The minimum absolute atomic E-state index is 0.413. The van der Waals surface area contributed by atoms with Gasteiger partial charge in [-0.25, -0.2) is 4.79 Å². The average Bonchev–Trinajstić information content (AvgIpc) is 2.59. The van der Waals surface area contributed by atoms with Crippen LogP contribution in [0.4, 0.5) is 0 Å². The summed E-state index contributed by atoms with van der Waals surface area (Å²) in [5.74, 6) is -1.06. The molecule has 4 nitrogen and oxygen atoms in total. The molecule has 0 aromatic heterocycles. The lowest BCUT2D eigenvalue weighted by atomic mass is 10.1. The minimum Gasteiger partial charge on any atom is -0.467 e. The number of hydrogen-bond acceptors (Lipinski definition) is 3. The molecule has 21 heavy (non-hydrogen) atoms. The quantitative estimate of drug-likeness (QED) is 0.856. The maximum Gasteiger partial charge on any atom is 0.328 e. The SMILES string of the molecule is [2H][C@H](c1ccccc1)[C@@H](NC(=O)c1ccccc1)C(=O)OC. The molecule has 0 unspecified atom stereocenters. The molecule has 2 aromatic carbocycles. The van der Waals surface area contributed by atoms with Gasteiger partial charge in [0.15, 0.2) is 0 Å². The molecule has 0 aliphatic heterocycles. The van der Waals surface area contributed by atoms with E-state index in [2.05, 4.69) is 5.32 Å². The van der Waals surface area contributed by atoms with Gasteiger partial charge in [0.05, 0.1) is 7.11 Å². The Kier molecular flexibility index (Phi) is 4.61. The smallest absolute Gasteiger partial charge is 0.328 e. The molecule has 0 spiro atoms. The maximum absolute atomic E-state index is 12.2. The third-order valence-electron chi connectivity index (χ3n) is 2.94. The molecule has 0 aliphatic rings. The molecule has 0 saturated heterocycles. The molecule has 4 heteroatoms. The van der Waals surface area contributed by atoms with Crippen LogP contribution in [0.15, 0.2) is 60.7 Å². The van der Waals surface area contributed by atoms with E-state index in [9.17, 15) is 9.59 Å². The Balaban J connectivity index is 2.20. The lowest BCUT2D eigenvalue weighted by Crippen LogP contribution is -2.43. The summed E-state index contributed by atoms with van der Waals surface area (Å²) in [6.45, 7) is 0. The lowest BCUT2D eigenvalue weighted by Gasteiger charge is -2.16. The van der Waals surface area contributed by atoms with Crippen molar-refractivity contribution in [1.29, 1.82) is 0 Å². The van der Waals surface area contributed by atoms with Gasteiger partial charge in [-0.3, -0.25) is 4.79 Å². The van der Waals surface area contributed by atoms with E-state index in [-0.39, 0.29) is 0 Å². The fraction of sp³-hybridized carbons (Fsp3) is 0.176. The van der Waals surface area contributed by atoms with Gasteiger partial charge in [-0.15, -0.1) is 0 Å². The highest BCUT2D eigenvalue weighted by Gasteiger charge is 2.22. The fourth-order valence-corrected chi connectivity index (χ4v) is 1.87. The van der Waals surface area contributed by atoms with E-state index in [0.29, 0.717) is 11.1 Å². The zero-order valence-electron chi connectivity index (χ0n) is 12.7. The summed E-state index contributed by atoms with van der Waals surface area (Å²) in [7, 11) is 1.24. The zero-order valence-corrected chi connectivity index (χ0v) is 11.7. The molecule has 0 bridgehead atoms. The number of nitrogens with one attached hydrogen (secondary N) is 1. The first-order valence-electron chi connectivity index (χ1n) is 7.12. The van der Waals surface area contributed by atoms with Crippen LogP contribution >= 0.6 is 0 Å². The molecule has 0 fully saturated rings. The predicted molar refractivity (Wildman–Crippen MR) is 79.9 cm³/mol. The van der Waals surface area contributed by atoms with Crippen molar-refractivity contribution in [3.8, 4) is 0 Å². The van der Waals surface area contributed by atoms with Gasteiger partial charge in [0, 0.05) is 13.3 Å². The predicted octanol–water partition coefficient (Wildman–Crippen LogP) is 2.20. The standard InChI is InChI=1S/C17H17NO3/c1-21-17(20)15(12-13-8-4-2-5-9-13)18-16(19)14-10-6-3-7-11-14/h2-11,15H,12H2,1H3,(H,18,19)/t15-/m1/s1/i12D/t12-,15-. The van der Waals surface area contributed by atoms with E-state index in [4.69, 9.17) is 6.11 Å². The Labute approximate surface area is 125 Å². The molecule has 1 amide bonds. The van der Waals surface area contributed by atoms with E-state index >= 15 is 0 Å². The van der Waals surface area contributed by atoms with E-state index in [1.165, 1.54) is 7.11 Å². The van der Waals surface area contributed by atoms with Crippen molar-refractivity contribution in [2.45, 2.75) is 12.4 Å². The van der Waals surface area contributed by atoms with E-state index < -0.39 is 24.3 Å². The molecule has 0 heterocycles. The Hall–Kier alpha value is -2.62. The van der Waals surface area contributed by atoms with Crippen molar-refractivity contribution in [3.05, 3.63) is 71.8 Å². The fourth-order valence-electron chi connectivity index (χ4n) is 1.87. The van der Waals surface area contributed by atoms with Crippen LogP contribution in [-0.2, 0) is 15.9 Å². The van der Waals surface area contributed by atoms with Crippen molar-refractivity contribution in [2.75, 3.05) is 7.11 Å². The second kappa shape index (κ2) is 7.24.